The summed E-state index contributed by atoms with van der Waals surface area (Å²) in [6.07, 6.45) is 0. The Morgan fingerprint density at radius 3 is 2.52 bits per heavy atom. The number of benzene rings is 4. The monoisotopic (exact) mass is 671 g/mol. The fraction of sp³-hybridized carbons (Fsp3) is 0.176. The molecule has 1 aromatic heterocycles. The van der Waals surface area contributed by atoms with E-state index in [2.05, 4.69) is 10.3 Å². The number of imide groups is 1. The van der Waals surface area contributed by atoms with Crippen molar-refractivity contribution in [1.29, 1.82) is 0 Å². The summed E-state index contributed by atoms with van der Waals surface area (Å²) >= 11 is 8.29. The summed E-state index contributed by atoms with van der Waals surface area (Å²) < 4.78 is 11.9. The SMILES string of the molecule is CCOc1cc([C@H]2c3sc(=O)[nH]c3SC3C(=O)N(c4ccc(Cl)cc4)C(=O)C32)ccc1OCC(=O)Nc1cccc2ccccc12. The van der Waals surface area contributed by atoms with E-state index in [0.29, 0.717) is 50.0 Å². The number of thiazole rings is 1. The lowest BCUT2D eigenvalue weighted by molar-refractivity contribution is -0.122. The summed E-state index contributed by atoms with van der Waals surface area (Å²) in [6.45, 7) is 1.88. The summed E-state index contributed by atoms with van der Waals surface area (Å²) in [6, 6.07) is 25.2. The van der Waals surface area contributed by atoms with E-state index in [1.54, 1.807) is 42.5 Å². The molecule has 0 bridgehead atoms. The Hall–Kier alpha value is -4.58. The summed E-state index contributed by atoms with van der Waals surface area (Å²) in [4.78, 5) is 57.6. The van der Waals surface area contributed by atoms with Gasteiger partial charge in [-0.3, -0.25) is 19.2 Å². The number of carbonyl (C=O) groups is 3. The van der Waals surface area contributed by atoms with E-state index < -0.39 is 17.1 Å². The molecule has 12 heteroatoms. The van der Waals surface area contributed by atoms with Gasteiger partial charge < -0.3 is 19.8 Å². The molecule has 3 heterocycles. The summed E-state index contributed by atoms with van der Waals surface area (Å²) in [5, 5.41) is 5.17. The standard InChI is InChI=1S/C34H26ClN3O6S2/c1-2-43-25-16-19(10-15-24(25)44-17-26(39)36-23-9-5-7-18-6-3-4-8-22(18)23)27-28-30(45-31-29(27)46-34(42)37-31)33(41)38(32(28)40)21-13-11-20(35)12-14-21/h3-16,27-28,30H,2,17H2,1H3,(H,36,39)(H,37,42)/t27-,28?,30?/m1/s1. The highest BCUT2D eigenvalue weighted by molar-refractivity contribution is 8.00. The largest absolute Gasteiger partial charge is 0.490 e. The maximum atomic E-state index is 14.0. The third kappa shape index (κ3) is 5.44. The van der Waals surface area contributed by atoms with Crippen molar-refractivity contribution in [2.45, 2.75) is 23.1 Å². The van der Waals surface area contributed by atoms with E-state index in [0.717, 1.165) is 22.1 Å². The number of nitrogens with zero attached hydrogens (tertiary/aromatic N) is 1. The molecule has 2 N–H and O–H groups in total. The lowest BCUT2D eigenvalue weighted by atomic mass is 9.83. The number of nitrogens with one attached hydrogen (secondary N) is 2. The van der Waals surface area contributed by atoms with Crippen LogP contribution < -0.4 is 24.6 Å². The van der Waals surface area contributed by atoms with E-state index in [4.69, 9.17) is 21.1 Å². The molecule has 3 amide bonds. The van der Waals surface area contributed by atoms with Crippen molar-refractivity contribution in [3.63, 3.8) is 0 Å². The molecule has 0 spiro atoms. The van der Waals surface area contributed by atoms with Gasteiger partial charge in [-0.05, 0) is 60.3 Å². The van der Waals surface area contributed by atoms with E-state index in [1.807, 2.05) is 49.4 Å². The number of fused-ring (bicyclic) bond motifs is 3. The molecule has 5 aromatic rings. The third-order valence-corrected chi connectivity index (χ3v) is 10.6. The van der Waals surface area contributed by atoms with Crippen molar-refractivity contribution in [1.82, 2.24) is 4.98 Å². The van der Waals surface area contributed by atoms with Gasteiger partial charge in [0.25, 0.3) is 5.91 Å². The van der Waals surface area contributed by atoms with Gasteiger partial charge in [0.05, 0.1) is 23.2 Å². The Morgan fingerprint density at radius 2 is 1.72 bits per heavy atom. The Bertz CT molecular complexity index is 2060. The molecular weight excluding hydrogens is 646 g/mol. The number of halogens is 1. The molecule has 2 aliphatic heterocycles. The van der Waals surface area contributed by atoms with E-state index in [9.17, 15) is 19.2 Å². The quantitative estimate of drug-likeness (QED) is 0.182. The molecule has 0 radical (unpaired) electrons. The first kappa shape index (κ1) is 30.1. The van der Waals surface area contributed by atoms with Crippen molar-refractivity contribution < 1.29 is 23.9 Å². The number of aromatic amines is 1. The molecule has 4 aromatic carbocycles. The zero-order valence-electron chi connectivity index (χ0n) is 24.3. The highest BCUT2D eigenvalue weighted by Gasteiger charge is 2.56. The maximum Gasteiger partial charge on any atom is 0.305 e. The first-order valence-corrected chi connectivity index (χ1v) is 16.6. The van der Waals surface area contributed by atoms with Gasteiger partial charge in [-0.15, -0.1) is 0 Å². The molecule has 232 valence electrons. The van der Waals surface area contributed by atoms with Crippen molar-refractivity contribution in [3.8, 4) is 11.5 Å². The number of carbonyl (C=O) groups excluding carboxylic acids is 3. The van der Waals surface area contributed by atoms with Gasteiger partial charge >= 0.3 is 4.87 Å². The number of thioether (sulfide) groups is 1. The van der Waals surface area contributed by atoms with Crippen LogP contribution in [0.1, 0.15) is 23.3 Å². The van der Waals surface area contributed by atoms with Crippen molar-refractivity contribution in [2.75, 3.05) is 23.4 Å². The Labute approximate surface area is 276 Å². The zero-order chi connectivity index (χ0) is 31.9. The lowest BCUT2D eigenvalue weighted by Crippen LogP contribution is -2.32. The summed E-state index contributed by atoms with van der Waals surface area (Å²) in [7, 11) is 0. The fourth-order valence-electron chi connectivity index (χ4n) is 5.99. The van der Waals surface area contributed by atoms with Gasteiger partial charge in [0.15, 0.2) is 18.1 Å². The van der Waals surface area contributed by atoms with Crippen LogP contribution in [0.2, 0.25) is 5.02 Å². The Morgan fingerprint density at radius 1 is 0.935 bits per heavy atom. The van der Waals surface area contributed by atoms with Crippen LogP contribution in [0.4, 0.5) is 11.4 Å². The molecular formula is C34H26ClN3O6S2. The van der Waals surface area contributed by atoms with E-state index >= 15 is 0 Å². The highest BCUT2D eigenvalue weighted by atomic mass is 35.5. The van der Waals surface area contributed by atoms with E-state index in [-0.39, 0.29) is 29.2 Å². The van der Waals surface area contributed by atoms with Gasteiger partial charge in [0.1, 0.15) is 5.25 Å². The predicted molar refractivity (Wildman–Crippen MR) is 180 cm³/mol. The molecule has 0 saturated carbocycles. The third-order valence-electron chi connectivity index (χ3n) is 7.96. The predicted octanol–water partition coefficient (Wildman–Crippen LogP) is 6.46. The first-order valence-electron chi connectivity index (χ1n) is 14.5. The number of amides is 3. The van der Waals surface area contributed by atoms with Gasteiger partial charge in [0.2, 0.25) is 11.8 Å². The van der Waals surface area contributed by atoms with Crippen LogP contribution in [-0.2, 0) is 14.4 Å². The van der Waals surface area contributed by atoms with Crippen LogP contribution >= 0.6 is 34.7 Å². The second-order valence-electron chi connectivity index (χ2n) is 10.7. The minimum absolute atomic E-state index is 0.264. The van der Waals surface area contributed by atoms with Gasteiger partial charge in [-0.25, -0.2) is 4.90 Å². The number of anilines is 2. The fourth-order valence-corrected chi connectivity index (χ4v) is 8.63. The van der Waals surface area contributed by atoms with Crippen LogP contribution in [0.15, 0.2) is 94.7 Å². The number of hydrogen-bond donors (Lipinski definition) is 2. The average Bonchev–Trinajstić information content (AvgIpc) is 3.55. The Kier molecular flexibility index (Phi) is 8.06. The molecule has 7 rings (SSSR count). The van der Waals surface area contributed by atoms with Crippen LogP contribution in [0.25, 0.3) is 10.8 Å². The van der Waals surface area contributed by atoms with Crippen LogP contribution in [-0.4, -0.2) is 41.2 Å². The molecule has 0 aliphatic carbocycles. The van der Waals surface area contributed by atoms with Crippen LogP contribution in [0, 0.1) is 5.92 Å². The molecule has 2 aliphatic rings. The average molecular weight is 672 g/mol. The smallest absolute Gasteiger partial charge is 0.305 e. The second kappa shape index (κ2) is 12.3. The van der Waals surface area contributed by atoms with Crippen molar-refractivity contribution in [3.05, 3.63) is 110 Å². The van der Waals surface area contributed by atoms with Crippen LogP contribution in [0.5, 0.6) is 11.5 Å². The van der Waals surface area contributed by atoms with Crippen molar-refractivity contribution in [2.24, 2.45) is 5.92 Å². The molecule has 2 unspecified atom stereocenters. The highest BCUT2D eigenvalue weighted by Crippen LogP contribution is 2.53. The number of hydrogen-bond acceptors (Lipinski definition) is 8. The number of rotatable bonds is 8. The molecule has 1 fully saturated rings. The minimum Gasteiger partial charge on any atom is -0.490 e. The zero-order valence-corrected chi connectivity index (χ0v) is 26.7. The summed E-state index contributed by atoms with van der Waals surface area (Å²) in [5.74, 6) is -1.68. The first-order chi connectivity index (χ1) is 22.3. The molecule has 9 nitrogen and oxygen atoms in total. The molecule has 3 atom stereocenters. The normalized spacial score (nSPS) is 18.7. The maximum absolute atomic E-state index is 14.0. The molecule has 1 saturated heterocycles. The second-order valence-corrected chi connectivity index (χ2v) is 13.3. The van der Waals surface area contributed by atoms with Crippen LogP contribution in [0.3, 0.4) is 0 Å². The topological polar surface area (TPSA) is 118 Å². The van der Waals surface area contributed by atoms with Gasteiger partial charge in [0, 0.05) is 26.9 Å². The lowest BCUT2D eigenvalue weighted by Gasteiger charge is -2.30. The van der Waals surface area contributed by atoms with E-state index in [1.165, 1.54) is 16.7 Å². The minimum atomic E-state index is -0.764. The summed E-state index contributed by atoms with van der Waals surface area (Å²) in [5.41, 5.74) is 1.80. The van der Waals surface area contributed by atoms with Gasteiger partial charge in [-0.1, -0.05) is 77.2 Å². The number of ether oxygens (including phenoxy) is 2. The van der Waals surface area contributed by atoms with Gasteiger partial charge in [-0.2, -0.15) is 0 Å². The van der Waals surface area contributed by atoms with Crippen molar-refractivity contribution >= 4 is 74.6 Å². The number of H-pyrrole nitrogens is 1. The molecule has 46 heavy (non-hydrogen) atoms. The Balaban J connectivity index is 1.18. The number of aromatic nitrogens is 1.